The summed E-state index contributed by atoms with van der Waals surface area (Å²) >= 11 is 3.17. The monoisotopic (exact) mass is 318 g/mol. The quantitative estimate of drug-likeness (QED) is 0.518. The highest BCUT2D eigenvalue weighted by molar-refractivity contribution is 7.20. The Kier molecular flexibility index (Phi) is 3.94. The molecule has 0 unspecified atom stereocenters. The van der Waals surface area contributed by atoms with E-state index in [2.05, 4.69) is 4.98 Å². The Morgan fingerprint density at radius 2 is 2.05 bits per heavy atom. The Hall–Kier alpha value is -2.25. The first kappa shape index (κ1) is 13.7. The average molecular weight is 318 g/mol. The molecule has 3 rings (SSSR count). The molecule has 0 aliphatic rings. The molecule has 1 aromatic carbocycles. The fourth-order valence-electron chi connectivity index (χ4n) is 1.77. The second-order valence-electron chi connectivity index (χ2n) is 4.13. The predicted molar refractivity (Wildman–Crippen MR) is 82.9 cm³/mol. The van der Waals surface area contributed by atoms with Gasteiger partial charge in [0, 0.05) is 11.4 Å². The summed E-state index contributed by atoms with van der Waals surface area (Å²) in [6, 6.07) is 10.3. The number of benzene rings is 1. The fourth-order valence-corrected chi connectivity index (χ4v) is 3.39. The number of nitro groups is 1. The molecular formula is C14H10N2O3S2. The van der Waals surface area contributed by atoms with Crippen LogP contribution in [0.5, 0.6) is 5.75 Å². The molecule has 0 N–H and O–H groups in total. The number of thiophene rings is 1. The molecule has 0 aliphatic heterocycles. The first-order valence-electron chi connectivity index (χ1n) is 6.08. The Labute approximate surface area is 128 Å². The fraction of sp³-hybridized carbons (Fsp3) is 0.0714. The van der Waals surface area contributed by atoms with Gasteiger partial charge in [0.25, 0.3) is 0 Å². The van der Waals surface area contributed by atoms with Crippen LogP contribution in [0.25, 0.3) is 9.88 Å². The van der Waals surface area contributed by atoms with Crippen molar-refractivity contribution in [2.24, 2.45) is 0 Å². The lowest BCUT2D eigenvalue weighted by Crippen LogP contribution is -1.99. The molecular weight excluding hydrogens is 308 g/mol. The number of hydrogen-bond acceptors (Lipinski definition) is 6. The SMILES string of the molecule is O=[N+]([O-])c1ccccc1OCc1csc(-c2cccs2)n1. The van der Waals surface area contributed by atoms with E-state index in [0.717, 1.165) is 15.6 Å². The van der Waals surface area contributed by atoms with Gasteiger partial charge in [-0.3, -0.25) is 10.1 Å². The number of ether oxygens (including phenoxy) is 1. The Balaban J connectivity index is 1.73. The van der Waals surface area contributed by atoms with E-state index in [1.165, 1.54) is 17.4 Å². The standard InChI is InChI=1S/C14H10N2O3S2/c17-16(18)11-4-1-2-5-12(11)19-8-10-9-21-14(15-10)13-6-3-7-20-13/h1-7,9H,8H2. The highest BCUT2D eigenvalue weighted by Gasteiger charge is 2.14. The Bertz CT molecular complexity index is 753. The highest BCUT2D eigenvalue weighted by atomic mass is 32.1. The van der Waals surface area contributed by atoms with Crippen molar-refractivity contribution in [1.29, 1.82) is 0 Å². The second-order valence-corrected chi connectivity index (χ2v) is 5.94. The van der Waals surface area contributed by atoms with Crippen molar-refractivity contribution < 1.29 is 9.66 Å². The first-order chi connectivity index (χ1) is 10.2. The minimum absolute atomic E-state index is 0.0359. The van der Waals surface area contributed by atoms with Gasteiger partial charge in [0.2, 0.25) is 0 Å². The van der Waals surface area contributed by atoms with Gasteiger partial charge in [0.1, 0.15) is 11.6 Å². The van der Waals surface area contributed by atoms with Crippen molar-refractivity contribution in [2.75, 3.05) is 0 Å². The van der Waals surface area contributed by atoms with Crippen LogP contribution in [0, 0.1) is 10.1 Å². The van der Waals surface area contributed by atoms with Crippen LogP contribution in [-0.2, 0) is 6.61 Å². The van der Waals surface area contributed by atoms with Crippen LogP contribution < -0.4 is 4.74 Å². The van der Waals surface area contributed by atoms with E-state index in [9.17, 15) is 10.1 Å². The van der Waals surface area contributed by atoms with Crippen LogP contribution in [0.4, 0.5) is 5.69 Å². The number of aromatic nitrogens is 1. The van der Waals surface area contributed by atoms with E-state index in [1.807, 2.05) is 22.9 Å². The first-order valence-corrected chi connectivity index (χ1v) is 7.84. The molecule has 0 aliphatic carbocycles. The van der Waals surface area contributed by atoms with Gasteiger partial charge >= 0.3 is 5.69 Å². The molecule has 0 fully saturated rings. The largest absolute Gasteiger partial charge is 0.480 e. The summed E-state index contributed by atoms with van der Waals surface area (Å²) in [5.41, 5.74) is 0.729. The molecule has 2 aromatic heterocycles. The van der Waals surface area contributed by atoms with Crippen molar-refractivity contribution in [2.45, 2.75) is 6.61 Å². The molecule has 0 saturated heterocycles. The third kappa shape index (κ3) is 3.09. The van der Waals surface area contributed by atoms with E-state index < -0.39 is 4.92 Å². The molecule has 5 nitrogen and oxygen atoms in total. The van der Waals surface area contributed by atoms with Crippen molar-refractivity contribution in [3.63, 3.8) is 0 Å². The van der Waals surface area contributed by atoms with Crippen LogP contribution >= 0.6 is 22.7 Å². The van der Waals surface area contributed by atoms with Crippen molar-refractivity contribution >= 4 is 28.4 Å². The van der Waals surface area contributed by atoms with Gasteiger partial charge in [0.05, 0.1) is 15.5 Å². The molecule has 2 heterocycles. The summed E-state index contributed by atoms with van der Waals surface area (Å²) in [4.78, 5) is 16.0. The maximum atomic E-state index is 10.9. The minimum atomic E-state index is -0.451. The van der Waals surface area contributed by atoms with E-state index >= 15 is 0 Å². The van der Waals surface area contributed by atoms with Gasteiger partial charge in [-0.05, 0) is 17.5 Å². The molecule has 7 heteroatoms. The van der Waals surface area contributed by atoms with Gasteiger partial charge in [0.15, 0.2) is 5.75 Å². The number of thiazole rings is 1. The third-order valence-corrected chi connectivity index (χ3v) is 4.65. The van der Waals surface area contributed by atoms with Gasteiger partial charge in [-0.15, -0.1) is 22.7 Å². The van der Waals surface area contributed by atoms with Gasteiger partial charge < -0.3 is 4.74 Å². The summed E-state index contributed by atoms with van der Waals surface area (Å²) < 4.78 is 5.52. The number of hydrogen-bond donors (Lipinski definition) is 0. The van der Waals surface area contributed by atoms with Crippen LogP contribution in [0.15, 0.2) is 47.2 Å². The molecule has 3 aromatic rings. The number of nitrogens with zero attached hydrogens (tertiary/aromatic N) is 2. The van der Waals surface area contributed by atoms with Crippen LogP contribution in [0.3, 0.4) is 0 Å². The molecule has 0 spiro atoms. The molecule has 106 valence electrons. The Morgan fingerprint density at radius 1 is 1.19 bits per heavy atom. The zero-order valence-electron chi connectivity index (χ0n) is 10.8. The zero-order chi connectivity index (χ0) is 14.7. The average Bonchev–Trinajstić information content (AvgIpc) is 3.16. The number of para-hydroxylation sites is 2. The van der Waals surface area contributed by atoms with Gasteiger partial charge in [-0.25, -0.2) is 4.98 Å². The second kappa shape index (κ2) is 6.02. The summed E-state index contributed by atoms with van der Waals surface area (Å²) in [5.74, 6) is 0.258. The molecule has 21 heavy (non-hydrogen) atoms. The maximum absolute atomic E-state index is 10.9. The van der Waals surface area contributed by atoms with Crippen molar-refractivity contribution in [3.05, 3.63) is 63.0 Å². The highest BCUT2D eigenvalue weighted by Crippen LogP contribution is 2.29. The summed E-state index contributed by atoms with van der Waals surface area (Å²) in [6.45, 7) is 0.215. The van der Waals surface area contributed by atoms with Crippen LogP contribution in [-0.4, -0.2) is 9.91 Å². The lowest BCUT2D eigenvalue weighted by atomic mass is 10.3. The Morgan fingerprint density at radius 3 is 2.81 bits per heavy atom. The summed E-state index contributed by atoms with van der Waals surface area (Å²) in [7, 11) is 0. The molecule has 0 atom stereocenters. The lowest BCUT2D eigenvalue weighted by Gasteiger charge is -2.04. The minimum Gasteiger partial charge on any atom is -0.480 e. The predicted octanol–water partition coefficient (Wildman–Crippen LogP) is 4.36. The van der Waals surface area contributed by atoms with E-state index in [-0.39, 0.29) is 18.0 Å². The van der Waals surface area contributed by atoms with E-state index in [4.69, 9.17) is 4.74 Å². The van der Waals surface area contributed by atoms with Gasteiger partial charge in [-0.2, -0.15) is 0 Å². The molecule has 0 amide bonds. The lowest BCUT2D eigenvalue weighted by molar-refractivity contribution is -0.385. The zero-order valence-corrected chi connectivity index (χ0v) is 12.4. The van der Waals surface area contributed by atoms with Crippen molar-refractivity contribution in [3.8, 4) is 15.6 Å². The van der Waals surface area contributed by atoms with Crippen LogP contribution in [0.1, 0.15) is 5.69 Å². The van der Waals surface area contributed by atoms with E-state index in [0.29, 0.717) is 0 Å². The molecule has 0 saturated carbocycles. The summed E-state index contributed by atoms with van der Waals surface area (Å²) in [5, 5.41) is 15.7. The van der Waals surface area contributed by atoms with Gasteiger partial charge in [-0.1, -0.05) is 18.2 Å². The molecule has 0 bridgehead atoms. The third-order valence-electron chi connectivity index (χ3n) is 2.72. The normalized spacial score (nSPS) is 10.5. The van der Waals surface area contributed by atoms with Crippen molar-refractivity contribution in [1.82, 2.24) is 4.98 Å². The van der Waals surface area contributed by atoms with E-state index in [1.54, 1.807) is 29.5 Å². The summed E-state index contributed by atoms with van der Waals surface area (Å²) in [6.07, 6.45) is 0. The topological polar surface area (TPSA) is 65.3 Å². The maximum Gasteiger partial charge on any atom is 0.310 e. The number of rotatable bonds is 5. The van der Waals surface area contributed by atoms with Crippen LogP contribution in [0.2, 0.25) is 0 Å². The molecule has 0 radical (unpaired) electrons. The smallest absolute Gasteiger partial charge is 0.310 e. The number of nitro benzene ring substituents is 1.